The van der Waals surface area contributed by atoms with Crippen molar-refractivity contribution in [1.82, 2.24) is 9.78 Å². The van der Waals surface area contributed by atoms with Crippen LogP contribution in [-0.2, 0) is 15.4 Å². The maximum absolute atomic E-state index is 11.7. The lowest BCUT2D eigenvalue weighted by Gasteiger charge is -2.07. The summed E-state index contributed by atoms with van der Waals surface area (Å²) in [4.78, 5) is 11.7. The third-order valence-electron chi connectivity index (χ3n) is 1.82. The van der Waals surface area contributed by atoms with Gasteiger partial charge in [0.2, 0.25) is 0 Å². The largest absolute Gasteiger partial charge is 0.448 e. The van der Waals surface area contributed by atoms with Crippen LogP contribution in [0.5, 0.6) is 0 Å². The molecule has 0 spiro atoms. The maximum Gasteiger partial charge on any atom is 0.434 e. The molecule has 0 unspecified atom stereocenters. The third kappa shape index (κ3) is 3.59. The Kier molecular flexibility index (Phi) is 5.48. The summed E-state index contributed by atoms with van der Waals surface area (Å²) in [7, 11) is 0. The van der Waals surface area contributed by atoms with E-state index in [0.29, 0.717) is 23.2 Å². The van der Waals surface area contributed by atoms with E-state index < -0.39 is 6.09 Å². The molecule has 4 nitrogen and oxygen atoms in total. The van der Waals surface area contributed by atoms with E-state index in [2.05, 4.69) is 37.0 Å². The highest BCUT2D eigenvalue weighted by Crippen LogP contribution is 2.12. The van der Waals surface area contributed by atoms with E-state index in [1.54, 1.807) is 0 Å². The highest BCUT2D eigenvalue weighted by molar-refractivity contribution is 9.08. The van der Waals surface area contributed by atoms with Crippen LogP contribution in [0.4, 0.5) is 4.79 Å². The Morgan fingerprint density at radius 2 is 2.19 bits per heavy atom. The fraction of sp³-hybridized carbons (Fsp3) is 0.600. The van der Waals surface area contributed by atoms with Crippen molar-refractivity contribution in [3.8, 4) is 0 Å². The molecule has 0 aliphatic rings. The van der Waals surface area contributed by atoms with Crippen LogP contribution in [0.25, 0.3) is 0 Å². The van der Waals surface area contributed by atoms with Gasteiger partial charge in [0, 0.05) is 10.7 Å². The third-order valence-corrected chi connectivity index (χ3v) is 2.97. The summed E-state index contributed by atoms with van der Waals surface area (Å²) in [5.41, 5.74) is 1.61. The van der Waals surface area contributed by atoms with Crippen molar-refractivity contribution in [2.24, 2.45) is 5.92 Å². The Morgan fingerprint density at radius 1 is 1.50 bits per heavy atom. The zero-order chi connectivity index (χ0) is 12.1. The number of nitrogens with zero attached hydrogens (tertiary/aromatic N) is 2. The van der Waals surface area contributed by atoms with Gasteiger partial charge in [-0.15, -0.1) is 0 Å². The Bertz CT molecular complexity index is 364. The number of rotatable bonds is 4. The number of carbonyl (C=O) groups excluding carboxylic acids is 1. The summed E-state index contributed by atoms with van der Waals surface area (Å²) in [6, 6.07) is 1.86. The van der Waals surface area contributed by atoms with Gasteiger partial charge in [-0.05, 0) is 12.0 Å². The van der Waals surface area contributed by atoms with Gasteiger partial charge in [-0.3, -0.25) is 0 Å². The second kappa shape index (κ2) is 6.39. The summed E-state index contributed by atoms with van der Waals surface area (Å²) in [5, 5.41) is 5.34. The molecule has 0 radical (unpaired) electrons. The first kappa shape index (κ1) is 13.7. The van der Waals surface area contributed by atoms with Crippen molar-refractivity contribution in [3.05, 3.63) is 17.5 Å². The molecule has 0 amide bonds. The number of halogens is 2. The first-order valence-corrected chi connectivity index (χ1v) is 7.19. The smallest absolute Gasteiger partial charge is 0.434 e. The number of hydrogen-bond acceptors (Lipinski definition) is 3. The summed E-state index contributed by atoms with van der Waals surface area (Å²) in [6.07, 6.45) is -0.421. The lowest BCUT2D eigenvalue weighted by Crippen LogP contribution is -2.19. The summed E-state index contributed by atoms with van der Waals surface area (Å²) < 4.78 is 6.41. The van der Waals surface area contributed by atoms with Gasteiger partial charge >= 0.3 is 6.09 Å². The topological polar surface area (TPSA) is 44.1 Å². The van der Waals surface area contributed by atoms with Crippen LogP contribution in [-0.4, -0.2) is 22.5 Å². The first-order chi connectivity index (χ1) is 7.58. The summed E-state index contributed by atoms with van der Waals surface area (Å²) >= 11 is 6.62. The van der Waals surface area contributed by atoms with Crippen LogP contribution >= 0.6 is 31.9 Å². The van der Waals surface area contributed by atoms with Gasteiger partial charge in [0.1, 0.15) is 0 Å². The standard InChI is InChI=1S/C10H14Br2N2O2/c1-7(2)6-16-10(15)14-9(5-12)3-8(4-11)13-14/h3,7H,4-6H2,1-2H3. The van der Waals surface area contributed by atoms with Crippen molar-refractivity contribution in [3.63, 3.8) is 0 Å². The second-order valence-corrected chi connectivity index (χ2v) is 4.90. The van der Waals surface area contributed by atoms with E-state index in [1.165, 1.54) is 4.68 Å². The van der Waals surface area contributed by atoms with Gasteiger partial charge in [-0.1, -0.05) is 45.7 Å². The predicted octanol–water partition coefficient (Wildman–Crippen LogP) is 3.31. The Balaban J connectivity index is 2.77. The molecule has 1 aromatic rings. The van der Waals surface area contributed by atoms with Gasteiger partial charge in [0.15, 0.2) is 0 Å². The Labute approximate surface area is 112 Å². The van der Waals surface area contributed by atoms with E-state index >= 15 is 0 Å². The maximum atomic E-state index is 11.7. The summed E-state index contributed by atoms with van der Waals surface area (Å²) in [6.45, 7) is 4.39. The van der Waals surface area contributed by atoms with Crippen LogP contribution in [0.3, 0.4) is 0 Å². The first-order valence-electron chi connectivity index (χ1n) is 4.95. The zero-order valence-corrected chi connectivity index (χ0v) is 12.4. The molecule has 0 atom stereocenters. The molecular weight excluding hydrogens is 340 g/mol. The van der Waals surface area contributed by atoms with Crippen molar-refractivity contribution < 1.29 is 9.53 Å². The van der Waals surface area contributed by atoms with Crippen LogP contribution < -0.4 is 0 Å². The molecule has 1 aromatic heterocycles. The monoisotopic (exact) mass is 352 g/mol. The van der Waals surface area contributed by atoms with E-state index in [1.807, 2.05) is 19.9 Å². The van der Waals surface area contributed by atoms with Crippen molar-refractivity contribution in [2.45, 2.75) is 24.5 Å². The molecule has 1 heterocycles. The molecule has 1 rings (SSSR count). The highest BCUT2D eigenvalue weighted by atomic mass is 79.9. The number of carbonyl (C=O) groups is 1. The van der Waals surface area contributed by atoms with Crippen LogP contribution in [0.15, 0.2) is 6.07 Å². The molecule has 0 aliphatic heterocycles. The van der Waals surface area contributed by atoms with Gasteiger partial charge in [-0.2, -0.15) is 9.78 Å². The Hall–Kier alpha value is -0.360. The van der Waals surface area contributed by atoms with E-state index in [0.717, 1.165) is 11.4 Å². The second-order valence-electron chi connectivity index (χ2n) is 3.78. The average Bonchev–Trinajstić information content (AvgIpc) is 2.68. The molecule has 0 aliphatic carbocycles. The van der Waals surface area contributed by atoms with Crippen molar-refractivity contribution in [2.75, 3.05) is 6.61 Å². The minimum atomic E-state index is -0.421. The zero-order valence-electron chi connectivity index (χ0n) is 9.24. The van der Waals surface area contributed by atoms with Crippen molar-refractivity contribution in [1.29, 1.82) is 0 Å². The van der Waals surface area contributed by atoms with Crippen LogP contribution in [0, 0.1) is 5.92 Å². The van der Waals surface area contributed by atoms with Gasteiger partial charge in [0.05, 0.1) is 18.0 Å². The molecule has 0 aromatic carbocycles. The normalized spacial score (nSPS) is 10.8. The summed E-state index contributed by atoms with van der Waals surface area (Å²) in [5.74, 6) is 0.322. The molecular formula is C10H14Br2N2O2. The van der Waals surface area contributed by atoms with Crippen molar-refractivity contribution >= 4 is 38.0 Å². The van der Waals surface area contributed by atoms with E-state index in [-0.39, 0.29) is 0 Å². The van der Waals surface area contributed by atoms with Gasteiger partial charge in [0.25, 0.3) is 0 Å². The number of aromatic nitrogens is 2. The fourth-order valence-corrected chi connectivity index (χ4v) is 1.77. The predicted molar refractivity (Wildman–Crippen MR) is 69.1 cm³/mol. The minimum absolute atomic E-state index is 0.322. The molecule has 0 bridgehead atoms. The molecule has 6 heteroatoms. The van der Waals surface area contributed by atoms with Gasteiger partial charge < -0.3 is 4.74 Å². The van der Waals surface area contributed by atoms with Crippen LogP contribution in [0.1, 0.15) is 25.2 Å². The van der Waals surface area contributed by atoms with E-state index in [9.17, 15) is 4.79 Å². The average molecular weight is 354 g/mol. The number of ether oxygens (including phenoxy) is 1. The SMILES string of the molecule is CC(C)COC(=O)n1nc(CBr)cc1CBr. The van der Waals surface area contributed by atoms with Crippen LogP contribution in [0.2, 0.25) is 0 Å². The quantitative estimate of drug-likeness (QED) is 0.780. The number of alkyl halides is 2. The molecule has 0 N–H and O–H groups in total. The number of hydrogen-bond donors (Lipinski definition) is 0. The highest BCUT2D eigenvalue weighted by Gasteiger charge is 2.14. The lowest BCUT2D eigenvalue weighted by molar-refractivity contribution is 0.130. The molecule has 90 valence electrons. The Morgan fingerprint density at radius 3 is 2.69 bits per heavy atom. The molecule has 0 fully saturated rings. The molecule has 16 heavy (non-hydrogen) atoms. The minimum Gasteiger partial charge on any atom is -0.448 e. The molecule has 0 saturated carbocycles. The lowest BCUT2D eigenvalue weighted by atomic mass is 10.2. The fourth-order valence-electron chi connectivity index (χ4n) is 1.09. The van der Waals surface area contributed by atoms with E-state index in [4.69, 9.17) is 4.74 Å². The molecule has 0 saturated heterocycles. The van der Waals surface area contributed by atoms with Gasteiger partial charge in [-0.25, -0.2) is 4.79 Å².